The molecule has 132 valence electrons. The van der Waals surface area contributed by atoms with Crippen LogP contribution in [0.3, 0.4) is 0 Å². The normalized spacial score (nSPS) is 15.4. The molecule has 1 amide bonds. The molecule has 0 bridgehead atoms. The molecule has 1 fully saturated rings. The SMILES string of the molecule is O=C(/C(=C/c1cccc(F)c1)c1nc2ccccc2[nH]1)N1CCOCC1. The number of ether oxygens (including phenoxy) is 1. The Morgan fingerprint density at radius 1 is 1.15 bits per heavy atom. The van der Waals surface area contributed by atoms with Crippen molar-refractivity contribution in [2.75, 3.05) is 26.3 Å². The van der Waals surface area contributed by atoms with Crippen LogP contribution in [0.15, 0.2) is 48.5 Å². The third-order valence-electron chi connectivity index (χ3n) is 4.33. The molecular weight excluding hydrogens is 333 g/mol. The van der Waals surface area contributed by atoms with E-state index in [2.05, 4.69) is 9.97 Å². The third kappa shape index (κ3) is 3.36. The van der Waals surface area contributed by atoms with Crippen molar-refractivity contribution in [3.8, 4) is 0 Å². The summed E-state index contributed by atoms with van der Waals surface area (Å²) in [5.41, 5.74) is 2.65. The van der Waals surface area contributed by atoms with E-state index in [1.165, 1.54) is 12.1 Å². The highest BCUT2D eigenvalue weighted by molar-refractivity contribution is 6.23. The lowest BCUT2D eigenvalue weighted by atomic mass is 10.1. The van der Waals surface area contributed by atoms with Gasteiger partial charge in [0.1, 0.15) is 11.6 Å². The molecule has 2 heterocycles. The number of benzene rings is 2. The molecule has 0 unspecified atom stereocenters. The highest BCUT2D eigenvalue weighted by Gasteiger charge is 2.24. The summed E-state index contributed by atoms with van der Waals surface area (Å²) in [6.45, 7) is 2.08. The Morgan fingerprint density at radius 2 is 1.96 bits per heavy atom. The predicted molar refractivity (Wildman–Crippen MR) is 97.8 cm³/mol. The van der Waals surface area contributed by atoms with Crippen molar-refractivity contribution < 1.29 is 13.9 Å². The molecular formula is C20H18FN3O2. The van der Waals surface area contributed by atoms with Crippen LogP contribution in [0.1, 0.15) is 11.4 Å². The average Bonchev–Trinajstić information content (AvgIpc) is 3.10. The van der Waals surface area contributed by atoms with Crippen LogP contribution in [0.5, 0.6) is 0 Å². The molecule has 5 nitrogen and oxygen atoms in total. The van der Waals surface area contributed by atoms with E-state index < -0.39 is 0 Å². The monoisotopic (exact) mass is 351 g/mol. The smallest absolute Gasteiger partial charge is 0.257 e. The van der Waals surface area contributed by atoms with Crippen LogP contribution in [-0.4, -0.2) is 47.1 Å². The van der Waals surface area contributed by atoms with Crippen molar-refractivity contribution >= 4 is 28.6 Å². The molecule has 1 aliphatic heterocycles. The van der Waals surface area contributed by atoms with Gasteiger partial charge in [-0.3, -0.25) is 4.79 Å². The molecule has 0 aliphatic carbocycles. The van der Waals surface area contributed by atoms with Crippen LogP contribution in [0, 0.1) is 5.82 Å². The van der Waals surface area contributed by atoms with E-state index in [9.17, 15) is 9.18 Å². The van der Waals surface area contributed by atoms with Crippen molar-refractivity contribution in [2.24, 2.45) is 0 Å². The maximum Gasteiger partial charge on any atom is 0.257 e. The number of morpholine rings is 1. The van der Waals surface area contributed by atoms with Gasteiger partial charge in [-0.2, -0.15) is 0 Å². The number of fused-ring (bicyclic) bond motifs is 1. The van der Waals surface area contributed by atoms with E-state index in [0.29, 0.717) is 43.3 Å². The van der Waals surface area contributed by atoms with E-state index in [1.807, 2.05) is 24.3 Å². The first-order valence-corrected chi connectivity index (χ1v) is 8.50. The van der Waals surface area contributed by atoms with Gasteiger partial charge in [0, 0.05) is 13.1 Å². The molecule has 1 saturated heterocycles. The number of carbonyl (C=O) groups is 1. The number of halogens is 1. The van der Waals surface area contributed by atoms with Crippen molar-refractivity contribution in [2.45, 2.75) is 0 Å². The summed E-state index contributed by atoms with van der Waals surface area (Å²) in [6, 6.07) is 13.8. The molecule has 1 N–H and O–H groups in total. The summed E-state index contributed by atoms with van der Waals surface area (Å²) < 4.78 is 18.9. The average molecular weight is 351 g/mol. The van der Waals surface area contributed by atoms with Gasteiger partial charge < -0.3 is 14.6 Å². The quantitative estimate of drug-likeness (QED) is 0.738. The first-order chi connectivity index (χ1) is 12.7. The van der Waals surface area contributed by atoms with Gasteiger partial charge in [0.05, 0.1) is 29.8 Å². The molecule has 0 radical (unpaired) electrons. The molecule has 26 heavy (non-hydrogen) atoms. The summed E-state index contributed by atoms with van der Waals surface area (Å²) in [4.78, 5) is 22.6. The molecule has 0 spiro atoms. The molecule has 1 aliphatic rings. The zero-order valence-corrected chi connectivity index (χ0v) is 14.1. The second kappa shape index (κ2) is 7.09. The zero-order chi connectivity index (χ0) is 17.9. The summed E-state index contributed by atoms with van der Waals surface area (Å²) in [5.74, 6) is -0.00917. The second-order valence-corrected chi connectivity index (χ2v) is 6.12. The molecule has 6 heteroatoms. The van der Waals surface area contributed by atoms with Crippen LogP contribution in [0.2, 0.25) is 0 Å². The van der Waals surface area contributed by atoms with Gasteiger partial charge in [0.2, 0.25) is 0 Å². The fourth-order valence-corrected chi connectivity index (χ4v) is 3.01. The number of para-hydroxylation sites is 2. The Balaban J connectivity index is 1.78. The fraction of sp³-hybridized carbons (Fsp3) is 0.200. The van der Waals surface area contributed by atoms with Gasteiger partial charge in [-0.1, -0.05) is 24.3 Å². The Labute approximate surface area is 150 Å². The Bertz CT molecular complexity index is 941. The van der Waals surface area contributed by atoms with Crippen LogP contribution in [0.4, 0.5) is 4.39 Å². The number of rotatable bonds is 3. The van der Waals surface area contributed by atoms with Crippen molar-refractivity contribution in [3.05, 3.63) is 65.7 Å². The number of imidazole rings is 1. The number of amides is 1. The molecule has 0 saturated carbocycles. The van der Waals surface area contributed by atoms with E-state index in [-0.39, 0.29) is 11.7 Å². The van der Waals surface area contributed by atoms with Crippen LogP contribution >= 0.6 is 0 Å². The predicted octanol–water partition coefficient (Wildman–Crippen LogP) is 3.10. The number of nitrogens with one attached hydrogen (secondary N) is 1. The topological polar surface area (TPSA) is 58.2 Å². The first-order valence-electron chi connectivity index (χ1n) is 8.50. The summed E-state index contributed by atoms with van der Waals surface area (Å²) in [6.07, 6.45) is 1.68. The largest absolute Gasteiger partial charge is 0.378 e. The number of hydrogen-bond donors (Lipinski definition) is 1. The van der Waals surface area contributed by atoms with Crippen molar-refractivity contribution in [1.29, 1.82) is 0 Å². The number of nitrogens with zero attached hydrogens (tertiary/aromatic N) is 2. The minimum Gasteiger partial charge on any atom is -0.378 e. The number of aromatic nitrogens is 2. The molecule has 3 aromatic rings. The second-order valence-electron chi connectivity index (χ2n) is 6.12. The highest BCUT2D eigenvalue weighted by atomic mass is 19.1. The van der Waals surface area contributed by atoms with Gasteiger partial charge in [-0.05, 0) is 35.9 Å². The Hall–Kier alpha value is -2.99. The molecule has 0 atom stereocenters. The zero-order valence-electron chi connectivity index (χ0n) is 14.1. The lowest BCUT2D eigenvalue weighted by molar-refractivity contribution is -0.128. The van der Waals surface area contributed by atoms with E-state index in [1.54, 1.807) is 23.1 Å². The summed E-state index contributed by atoms with van der Waals surface area (Å²) in [5, 5.41) is 0. The number of carbonyl (C=O) groups excluding carboxylic acids is 1. The Kier molecular flexibility index (Phi) is 4.50. The standard InChI is InChI=1S/C20H18FN3O2/c21-15-5-3-4-14(12-15)13-16(20(25)24-8-10-26-11-9-24)19-22-17-6-1-2-7-18(17)23-19/h1-7,12-13H,8-11H2,(H,22,23)/b16-13+. The van der Waals surface area contributed by atoms with Crippen molar-refractivity contribution in [1.82, 2.24) is 14.9 Å². The number of hydrogen-bond acceptors (Lipinski definition) is 3. The van der Waals surface area contributed by atoms with Gasteiger partial charge >= 0.3 is 0 Å². The van der Waals surface area contributed by atoms with Crippen LogP contribution < -0.4 is 0 Å². The summed E-state index contributed by atoms with van der Waals surface area (Å²) in [7, 11) is 0. The van der Waals surface area contributed by atoms with Gasteiger partial charge in [-0.25, -0.2) is 9.37 Å². The number of H-pyrrole nitrogens is 1. The molecule has 1 aromatic heterocycles. The lowest BCUT2D eigenvalue weighted by Gasteiger charge is -2.27. The first kappa shape index (κ1) is 16.5. The fourth-order valence-electron chi connectivity index (χ4n) is 3.01. The number of aromatic amines is 1. The molecule has 4 rings (SSSR count). The van der Waals surface area contributed by atoms with Crippen molar-refractivity contribution in [3.63, 3.8) is 0 Å². The van der Waals surface area contributed by atoms with E-state index in [0.717, 1.165) is 11.0 Å². The minimum absolute atomic E-state index is 0.142. The van der Waals surface area contributed by atoms with Gasteiger partial charge in [0.15, 0.2) is 0 Å². The molecule has 2 aromatic carbocycles. The van der Waals surface area contributed by atoms with Gasteiger partial charge in [-0.15, -0.1) is 0 Å². The summed E-state index contributed by atoms with van der Waals surface area (Å²) >= 11 is 0. The van der Waals surface area contributed by atoms with Crippen LogP contribution in [0.25, 0.3) is 22.7 Å². The third-order valence-corrected chi connectivity index (χ3v) is 4.33. The maximum absolute atomic E-state index is 13.6. The van der Waals surface area contributed by atoms with E-state index >= 15 is 0 Å². The van der Waals surface area contributed by atoms with Crippen LogP contribution in [-0.2, 0) is 9.53 Å². The van der Waals surface area contributed by atoms with Gasteiger partial charge in [0.25, 0.3) is 5.91 Å². The lowest BCUT2D eigenvalue weighted by Crippen LogP contribution is -2.41. The Morgan fingerprint density at radius 3 is 2.73 bits per heavy atom. The van der Waals surface area contributed by atoms with E-state index in [4.69, 9.17) is 4.74 Å². The highest BCUT2D eigenvalue weighted by Crippen LogP contribution is 2.22. The maximum atomic E-state index is 13.6. The minimum atomic E-state index is -0.346.